The molecule has 3 aromatic rings. The summed E-state index contributed by atoms with van der Waals surface area (Å²) in [5.74, 6) is 2.61. The fourth-order valence-electron chi connectivity index (χ4n) is 4.92. The molecule has 2 atom stereocenters. The van der Waals surface area contributed by atoms with E-state index in [1.807, 2.05) is 30.0 Å². The average molecular weight is 391 g/mol. The molecule has 1 aliphatic carbocycles. The summed E-state index contributed by atoms with van der Waals surface area (Å²) in [6.45, 7) is 3.38. The van der Waals surface area contributed by atoms with E-state index >= 15 is 0 Å². The fraction of sp³-hybridized carbons (Fsp3) is 0.455. The highest BCUT2D eigenvalue weighted by Crippen LogP contribution is 2.50. The van der Waals surface area contributed by atoms with Crippen LogP contribution in [-0.2, 0) is 18.3 Å². The second-order valence-electron chi connectivity index (χ2n) is 8.21. The molecule has 150 valence electrons. The van der Waals surface area contributed by atoms with E-state index in [-0.39, 0.29) is 11.3 Å². The van der Waals surface area contributed by atoms with E-state index in [0.29, 0.717) is 36.3 Å². The van der Waals surface area contributed by atoms with Crippen LogP contribution < -0.4 is 0 Å². The molecule has 1 amide bonds. The molecule has 1 saturated heterocycles. The van der Waals surface area contributed by atoms with Crippen molar-refractivity contribution in [1.29, 1.82) is 0 Å². The maximum absolute atomic E-state index is 13.0. The third kappa shape index (κ3) is 3.14. The van der Waals surface area contributed by atoms with Crippen LogP contribution >= 0.6 is 0 Å². The van der Waals surface area contributed by atoms with Crippen molar-refractivity contribution in [2.24, 2.45) is 5.92 Å². The first-order valence-corrected chi connectivity index (χ1v) is 10.4. The van der Waals surface area contributed by atoms with Crippen LogP contribution in [0.1, 0.15) is 59.8 Å². The zero-order valence-corrected chi connectivity index (χ0v) is 16.6. The second kappa shape index (κ2) is 7.13. The summed E-state index contributed by atoms with van der Waals surface area (Å²) in [6, 6.07) is 10.2. The minimum absolute atomic E-state index is 0.00926. The zero-order chi connectivity index (χ0) is 19.8. The van der Waals surface area contributed by atoms with Gasteiger partial charge in [0, 0.05) is 25.9 Å². The number of nitrogens with zero attached hydrogens (tertiary/aromatic N) is 4. The molecule has 1 N–H and O–H groups in total. The molecule has 1 saturated carbocycles. The molecule has 2 aromatic heterocycles. The number of hydrogen-bond donors (Lipinski definition) is 1. The second-order valence-corrected chi connectivity index (χ2v) is 8.21. The van der Waals surface area contributed by atoms with Crippen LogP contribution in [0.15, 0.2) is 41.1 Å². The summed E-state index contributed by atoms with van der Waals surface area (Å²) in [5.41, 5.74) is 1.51. The first kappa shape index (κ1) is 18.1. The molecule has 0 bridgehead atoms. The van der Waals surface area contributed by atoms with Crippen molar-refractivity contribution in [3.63, 3.8) is 0 Å². The Labute approximate surface area is 169 Å². The molecule has 2 fully saturated rings. The number of carbonyl (C=O) groups excluding carboxylic acids is 1. The quantitative estimate of drug-likeness (QED) is 0.722. The van der Waals surface area contributed by atoms with Gasteiger partial charge in [0.15, 0.2) is 5.82 Å². The van der Waals surface area contributed by atoms with Crippen molar-refractivity contribution in [2.75, 3.05) is 13.1 Å². The Morgan fingerprint density at radius 3 is 3.00 bits per heavy atom. The van der Waals surface area contributed by atoms with Crippen LogP contribution in [0, 0.1) is 5.92 Å². The highest BCUT2D eigenvalue weighted by molar-refractivity contribution is 5.92. The lowest BCUT2D eigenvalue weighted by molar-refractivity contribution is 0.0769. The van der Waals surface area contributed by atoms with Crippen LogP contribution in [-0.4, -0.2) is 44.0 Å². The van der Waals surface area contributed by atoms with Crippen LogP contribution in [0.25, 0.3) is 0 Å². The highest BCUT2D eigenvalue weighted by Gasteiger charge is 2.55. The van der Waals surface area contributed by atoms with Crippen LogP contribution in [0.2, 0.25) is 0 Å². The number of aryl methyl sites for hydroxylation is 1. The van der Waals surface area contributed by atoms with Gasteiger partial charge in [-0.1, -0.05) is 48.8 Å². The Kier molecular flexibility index (Phi) is 4.45. The van der Waals surface area contributed by atoms with Gasteiger partial charge in [0.05, 0.1) is 11.6 Å². The number of rotatable bonds is 5. The van der Waals surface area contributed by atoms with Gasteiger partial charge < -0.3 is 14.4 Å². The van der Waals surface area contributed by atoms with Gasteiger partial charge in [0.2, 0.25) is 5.89 Å². The van der Waals surface area contributed by atoms with Gasteiger partial charge in [0.25, 0.3) is 5.91 Å². The van der Waals surface area contributed by atoms with Gasteiger partial charge in [-0.3, -0.25) is 4.79 Å². The largest absolute Gasteiger partial charge is 0.339 e. The Bertz CT molecular complexity index is 1010. The molecule has 5 rings (SSSR count). The van der Waals surface area contributed by atoms with Crippen LogP contribution in [0.5, 0.6) is 0 Å². The third-order valence-corrected chi connectivity index (χ3v) is 6.45. The topological polar surface area (TPSA) is 87.9 Å². The fourth-order valence-corrected chi connectivity index (χ4v) is 4.92. The minimum atomic E-state index is -0.217. The number of likely N-dealkylation sites (tertiary alicyclic amines) is 1. The molecule has 29 heavy (non-hydrogen) atoms. The summed E-state index contributed by atoms with van der Waals surface area (Å²) in [4.78, 5) is 27.1. The van der Waals surface area contributed by atoms with E-state index in [9.17, 15) is 4.79 Å². The summed E-state index contributed by atoms with van der Waals surface area (Å²) < 4.78 is 5.76. The van der Waals surface area contributed by atoms with E-state index in [0.717, 1.165) is 43.6 Å². The first-order valence-electron chi connectivity index (χ1n) is 10.4. The Morgan fingerprint density at radius 2 is 2.21 bits per heavy atom. The maximum Gasteiger partial charge on any atom is 0.271 e. The van der Waals surface area contributed by atoms with E-state index in [1.54, 1.807) is 6.20 Å². The molecule has 0 spiro atoms. The number of carbonyl (C=O) groups is 1. The molecule has 7 nitrogen and oxygen atoms in total. The van der Waals surface area contributed by atoms with Crippen molar-refractivity contribution >= 4 is 5.91 Å². The molecular formula is C22H25N5O2. The van der Waals surface area contributed by atoms with Gasteiger partial charge >= 0.3 is 0 Å². The molecule has 7 heteroatoms. The van der Waals surface area contributed by atoms with Crippen molar-refractivity contribution in [3.8, 4) is 0 Å². The highest BCUT2D eigenvalue weighted by atomic mass is 16.5. The van der Waals surface area contributed by atoms with Gasteiger partial charge in [-0.25, -0.2) is 4.98 Å². The monoisotopic (exact) mass is 391 g/mol. The van der Waals surface area contributed by atoms with Crippen LogP contribution in [0.4, 0.5) is 0 Å². The molecule has 3 heterocycles. The molecule has 0 radical (unpaired) electrons. The normalized spacial score (nSPS) is 23.5. The smallest absolute Gasteiger partial charge is 0.271 e. The summed E-state index contributed by atoms with van der Waals surface area (Å²) in [5, 5.41) is 4.25. The number of H-pyrrole nitrogens is 1. The predicted molar refractivity (Wildman–Crippen MR) is 106 cm³/mol. The number of hydrogen-bond acceptors (Lipinski definition) is 5. The lowest BCUT2D eigenvalue weighted by Gasteiger charge is -2.24. The standard InChI is InChI=1S/C22H25N5O2/c1-2-18-23-12-17(24-18)20(28)27-13-16-9-6-10-22(16,14-27)21-25-19(26-29-21)11-15-7-4-3-5-8-15/h3-5,7-8,12,16H,2,6,9-11,13-14H2,1H3,(H,23,24)/t16-,22-/m1/s1. The number of aromatic nitrogens is 4. The number of fused-ring (bicyclic) bond motifs is 1. The Hall–Kier alpha value is -2.96. The number of amides is 1. The summed E-state index contributed by atoms with van der Waals surface area (Å²) in [7, 11) is 0. The SMILES string of the molecule is CCc1ncc(C(=O)N2C[C@H]3CCC[C@@]3(c3nc(Cc4ccccc4)no3)C2)[nH]1. The minimum Gasteiger partial charge on any atom is -0.339 e. The first-order chi connectivity index (χ1) is 14.2. The van der Waals surface area contributed by atoms with Crippen molar-refractivity contribution < 1.29 is 9.32 Å². The maximum atomic E-state index is 13.0. The number of aromatic amines is 1. The van der Waals surface area contributed by atoms with E-state index in [1.165, 1.54) is 0 Å². The van der Waals surface area contributed by atoms with E-state index in [2.05, 4.69) is 27.3 Å². The third-order valence-electron chi connectivity index (χ3n) is 6.45. The molecule has 0 unspecified atom stereocenters. The average Bonchev–Trinajstić information content (AvgIpc) is 3.50. The van der Waals surface area contributed by atoms with Gasteiger partial charge in [-0.2, -0.15) is 4.98 Å². The van der Waals surface area contributed by atoms with Crippen molar-refractivity contribution in [1.82, 2.24) is 25.0 Å². The number of imidazole rings is 1. The van der Waals surface area contributed by atoms with E-state index < -0.39 is 0 Å². The predicted octanol–water partition coefficient (Wildman–Crippen LogP) is 3.14. The van der Waals surface area contributed by atoms with Crippen molar-refractivity contribution in [3.05, 3.63) is 65.3 Å². The number of benzene rings is 1. The van der Waals surface area contributed by atoms with Gasteiger partial charge in [0.1, 0.15) is 11.5 Å². The zero-order valence-electron chi connectivity index (χ0n) is 16.6. The summed E-state index contributed by atoms with van der Waals surface area (Å²) in [6.07, 6.45) is 6.29. The van der Waals surface area contributed by atoms with Gasteiger partial charge in [-0.05, 0) is 24.3 Å². The lowest BCUT2D eigenvalue weighted by atomic mass is 9.80. The summed E-state index contributed by atoms with van der Waals surface area (Å²) >= 11 is 0. The Morgan fingerprint density at radius 1 is 1.34 bits per heavy atom. The lowest BCUT2D eigenvalue weighted by Crippen LogP contribution is -2.35. The Balaban J connectivity index is 1.37. The number of nitrogens with one attached hydrogen (secondary N) is 1. The van der Waals surface area contributed by atoms with Crippen LogP contribution in [0.3, 0.4) is 0 Å². The van der Waals surface area contributed by atoms with Gasteiger partial charge in [-0.15, -0.1) is 0 Å². The molecule has 1 aliphatic heterocycles. The molecule has 1 aromatic carbocycles. The molecule has 2 aliphatic rings. The van der Waals surface area contributed by atoms with E-state index in [4.69, 9.17) is 9.51 Å². The molecular weight excluding hydrogens is 366 g/mol. The van der Waals surface area contributed by atoms with Crippen molar-refractivity contribution in [2.45, 2.75) is 44.4 Å².